The Bertz CT molecular complexity index is 563. The number of methoxy groups -OCH3 is 1. The van der Waals surface area contributed by atoms with E-state index in [1.807, 2.05) is 44.2 Å². The first kappa shape index (κ1) is 23.9. The van der Waals surface area contributed by atoms with Crippen LogP contribution in [0.15, 0.2) is 23.2 Å². The molecule has 1 N–H and O–H groups in total. The molecule has 1 saturated heterocycles. The van der Waals surface area contributed by atoms with E-state index in [4.69, 9.17) is 9.47 Å². The van der Waals surface area contributed by atoms with Crippen LogP contribution in [0.3, 0.4) is 0 Å². The second-order valence-electron chi connectivity index (χ2n) is 6.69. The van der Waals surface area contributed by atoms with E-state index in [2.05, 4.69) is 20.2 Å². The van der Waals surface area contributed by atoms with Gasteiger partial charge in [0, 0.05) is 54.6 Å². The maximum absolute atomic E-state index is 5.93. The highest BCUT2D eigenvalue weighted by Crippen LogP contribution is 2.14. The molecule has 2 heterocycles. The first-order valence-electron chi connectivity index (χ1n) is 9.33. The van der Waals surface area contributed by atoms with Gasteiger partial charge in [-0.2, -0.15) is 0 Å². The summed E-state index contributed by atoms with van der Waals surface area (Å²) in [5, 5.41) is 3.43. The van der Waals surface area contributed by atoms with Crippen LogP contribution in [0.2, 0.25) is 0 Å². The Labute approximate surface area is 180 Å². The topological polar surface area (TPSA) is 62.2 Å². The highest BCUT2D eigenvalue weighted by atomic mass is 127. The maximum Gasteiger partial charge on any atom is 0.193 e. The van der Waals surface area contributed by atoms with Gasteiger partial charge in [-0.05, 0) is 31.4 Å². The lowest BCUT2D eigenvalue weighted by Crippen LogP contribution is -2.46. The summed E-state index contributed by atoms with van der Waals surface area (Å²) in [5.41, 5.74) is 1.01. The number of guanidine groups is 1. The molecule has 1 fully saturated rings. The minimum Gasteiger partial charge on any atom is -0.385 e. The van der Waals surface area contributed by atoms with Crippen molar-refractivity contribution in [2.75, 3.05) is 59.5 Å². The number of ether oxygens (including phenoxy) is 2. The fraction of sp³-hybridized carbons (Fsp3) is 0.684. The summed E-state index contributed by atoms with van der Waals surface area (Å²) in [6, 6.07) is 6.08. The zero-order valence-electron chi connectivity index (χ0n) is 17.0. The summed E-state index contributed by atoms with van der Waals surface area (Å²) in [7, 11) is 7.56. The van der Waals surface area contributed by atoms with Crippen molar-refractivity contribution in [3.8, 4) is 0 Å². The summed E-state index contributed by atoms with van der Waals surface area (Å²) in [6.07, 6.45) is 3.36. The van der Waals surface area contributed by atoms with Crippen molar-refractivity contribution in [3.05, 3.63) is 23.9 Å². The second kappa shape index (κ2) is 13.1. The molecule has 0 aliphatic carbocycles. The highest BCUT2D eigenvalue weighted by molar-refractivity contribution is 14.0. The van der Waals surface area contributed by atoms with Gasteiger partial charge in [-0.25, -0.2) is 4.98 Å². The largest absolute Gasteiger partial charge is 0.385 e. The Morgan fingerprint density at radius 2 is 2.04 bits per heavy atom. The summed E-state index contributed by atoms with van der Waals surface area (Å²) < 4.78 is 11.0. The van der Waals surface area contributed by atoms with Gasteiger partial charge in [-0.3, -0.25) is 4.99 Å². The molecule has 1 aromatic heterocycles. The van der Waals surface area contributed by atoms with Gasteiger partial charge in [-0.15, -0.1) is 24.0 Å². The van der Waals surface area contributed by atoms with Gasteiger partial charge < -0.3 is 24.6 Å². The predicted octanol–water partition coefficient (Wildman–Crippen LogP) is 2.36. The van der Waals surface area contributed by atoms with E-state index in [9.17, 15) is 0 Å². The number of aromatic nitrogens is 1. The summed E-state index contributed by atoms with van der Waals surface area (Å²) in [4.78, 5) is 13.4. The average molecular weight is 491 g/mol. The van der Waals surface area contributed by atoms with Crippen LogP contribution in [-0.4, -0.2) is 76.5 Å². The van der Waals surface area contributed by atoms with Crippen LogP contribution in [0.5, 0.6) is 0 Å². The van der Waals surface area contributed by atoms with Crippen molar-refractivity contribution < 1.29 is 9.47 Å². The molecule has 7 nitrogen and oxygen atoms in total. The Balaban J connectivity index is 0.00000364. The number of nitrogens with zero attached hydrogens (tertiary/aromatic N) is 4. The van der Waals surface area contributed by atoms with E-state index in [0.29, 0.717) is 12.6 Å². The molecule has 0 amide bonds. The van der Waals surface area contributed by atoms with E-state index in [0.717, 1.165) is 63.0 Å². The van der Waals surface area contributed by atoms with E-state index in [1.54, 1.807) is 7.11 Å². The monoisotopic (exact) mass is 491 g/mol. The lowest BCUT2D eigenvalue weighted by atomic mass is 10.1. The fourth-order valence-corrected chi connectivity index (χ4v) is 3.00. The van der Waals surface area contributed by atoms with Crippen LogP contribution in [0.25, 0.3) is 0 Å². The maximum atomic E-state index is 5.93. The second-order valence-corrected chi connectivity index (χ2v) is 6.69. The predicted molar refractivity (Wildman–Crippen MR) is 121 cm³/mol. The van der Waals surface area contributed by atoms with Crippen LogP contribution < -0.4 is 10.2 Å². The lowest BCUT2D eigenvalue weighted by molar-refractivity contribution is 0.00989. The Hall–Kier alpha value is -1.13. The van der Waals surface area contributed by atoms with Crippen LogP contribution in [0.1, 0.15) is 25.0 Å². The first-order valence-corrected chi connectivity index (χ1v) is 9.33. The SMILES string of the molecule is CN=C(NCc1cccc(N(C)C)n1)N1CCC(OCCCOC)CC1.I. The van der Waals surface area contributed by atoms with Gasteiger partial charge in [0.15, 0.2) is 5.96 Å². The Morgan fingerprint density at radius 3 is 2.67 bits per heavy atom. The molecule has 0 saturated carbocycles. The van der Waals surface area contributed by atoms with Gasteiger partial charge in [0.25, 0.3) is 0 Å². The third kappa shape index (κ3) is 8.18. The normalized spacial score (nSPS) is 15.4. The van der Waals surface area contributed by atoms with Crippen LogP contribution in [0, 0.1) is 0 Å². The van der Waals surface area contributed by atoms with Crippen molar-refractivity contribution in [1.82, 2.24) is 15.2 Å². The summed E-state index contributed by atoms with van der Waals surface area (Å²) in [5.74, 6) is 1.89. The molecule has 0 aromatic carbocycles. The van der Waals surface area contributed by atoms with E-state index >= 15 is 0 Å². The lowest BCUT2D eigenvalue weighted by Gasteiger charge is -2.34. The van der Waals surface area contributed by atoms with Gasteiger partial charge in [-0.1, -0.05) is 6.07 Å². The molecule has 0 spiro atoms. The molecular weight excluding hydrogens is 457 g/mol. The summed E-state index contributed by atoms with van der Waals surface area (Å²) >= 11 is 0. The van der Waals surface area contributed by atoms with Crippen molar-refractivity contribution >= 4 is 35.8 Å². The third-order valence-corrected chi connectivity index (χ3v) is 4.48. The van der Waals surface area contributed by atoms with Crippen molar-refractivity contribution in [2.24, 2.45) is 4.99 Å². The number of pyridine rings is 1. The number of aliphatic imine (C=N–C) groups is 1. The number of hydrogen-bond donors (Lipinski definition) is 1. The number of nitrogens with one attached hydrogen (secondary N) is 1. The number of anilines is 1. The van der Waals surface area contributed by atoms with Crippen LogP contribution in [-0.2, 0) is 16.0 Å². The molecule has 27 heavy (non-hydrogen) atoms. The number of rotatable bonds is 8. The quantitative estimate of drug-likeness (QED) is 0.261. The van der Waals surface area contributed by atoms with Gasteiger partial charge in [0.05, 0.1) is 18.3 Å². The first-order chi connectivity index (χ1) is 12.6. The number of halogens is 1. The Morgan fingerprint density at radius 1 is 1.30 bits per heavy atom. The molecule has 1 aliphatic rings. The van der Waals surface area contributed by atoms with Crippen molar-refractivity contribution in [1.29, 1.82) is 0 Å². The molecule has 154 valence electrons. The van der Waals surface area contributed by atoms with E-state index in [-0.39, 0.29) is 24.0 Å². The van der Waals surface area contributed by atoms with Crippen molar-refractivity contribution in [3.63, 3.8) is 0 Å². The minimum absolute atomic E-state index is 0. The fourth-order valence-electron chi connectivity index (χ4n) is 3.00. The summed E-state index contributed by atoms with van der Waals surface area (Å²) in [6.45, 7) is 4.12. The smallest absolute Gasteiger partial charge is 0.193 e. The molecule has 1 aliphatic heterocycles. The van der Waals surface area contributed by atoms with Crippen molar-refractivity contribution in [2.45, 2.75) is 31.9 Å². The van der Waals surface area contributed by atoms with Crippen LogP contribution >= 0.6 is 24.0 Å². The number of hydrogen-bond acceptors (Lipinski definition) is 5. The van der Waals surface area contributed by atoms with Gasteiger partial charge >= 0.3 is 0 Å². The molecule has 0 atom stereocenters. The Kier molecular flexibility index (Phi) is 11.6. The average Bonchev–Trinajstić information content (AvgIpc) is 2.67. The zero-order valence-corrected chi connectivity index (χ0v) is 19.3. The van der Waals surface area contributed by atoms with Crippen LogP contribution in [0.4, 0.5) is 5.82 Å². The van der Waals surface area contributed by atoms with E-state index < -0.39 is 0 Å². The van der Waals surface area contributed by atoms with Gasteiger partial charge in [0.1, 0.15) is 5.82 Å². The standard InChI is InChI=1S/C19H33N5O2.HI/c1-20-19(21-15-16-7-5-8-18(22-16)23(2)3)24-11-9-17(10-12-24)26-14-6-13-25-4;/h5,7-8,17H,6,9-15H2,1-4H3,(H,20,21);1H. The molecular formula is C19H34IN5O2. The number of piperidine rings is 1. The third-order valence-electron chi connectivity index (χ3n) is 4.48. The molecule has 1 aromatic rings. The molecule has 2 rings (SSSR count). The molecule has 0 unspecified atom stereocenters. The molecule has 0 bridgehead atoms. The molecule has 8 heteroatoms. The minimum atomic E-state index is 0. The zero-order chi connectivity index (χ0) is 18.8. The number of likely N-dealkylation sites (tertiary alicyclic amines) is 1. The van der Waals surface area contributed by atoms with Gasteiger partial charge in [0.2, 0.25) is 0 Å². The van der Waals surface area contributed by atoms with E-state index in [1.165, 1.54) is 0 Å². The highest BCUT2D eigenvalue weighted by Gasteiger charge is 2.21. The molecule has 0 radical (unpaired) electrons.